The summed E-state index contributed by atoms with van der Waals surface area (Å²) in [7, 11) is 3.55. The molecule has 0 radical (unpaired) electrons. The third-order valence-corrected chi connectivity index (χ3v) is 6.80. The number of halogens is 1. The highest BCUT2D eigenvalue weighted by Gasteiger charge is 2.24. The van der Waals surface area contributed by atoms with Gasteiger partial charge >= 0.3 is 0 Å². The molecule has 1 saturated heterocycles. The van der Waals surface area contributed by atoms with Gasteiger partial charge in [-0.1, -0.05) is 35.1 Å². The number of carbonyl (C=O) groups is 1. The maximum absolute atomic E-state index is 12.9. The van der Waals surface area contributed by atoms with Crippen molar-refractivity contribution < 1.29 is 9.53 Å². The van der Waals surface area contributed by atoms with E-state index in [0.29, 0.717) is 19.6 Å². The topological polar surface area (TPSA) is 48.9 Å². The monoisotopic (exact) mass is 444 g/mol. The van der Waals surface area contributed by atoms with Gasteiger partial charge in [-0.15, -0.1) is 0 Å². The molecule has 1 aromatic heterocycles. The van der Waals surface area contributed by atoms with Gasteiger partial charge in [0.05, 0.1) is 18.4 Å². The lowest BCUT2D eigenvalue weighted by Gasteiger charge is -2.37. The fraction of sp³-hybridized carbons (Fsp3) is 0.364. The first-order chi connectivity index (χ1) is 14.5. The average Bonchev–Trinajstić information content (AvgIpc) is 3.20. The van der Waals surface area contributed by atoms with Crippen LogP contribution in [0.4, 0.5) is 10.8 Å². The van der Waals surface area contributed by atoms with Crippen LogP contribution in [0.15, 0.2) is 36.4 Å². The van der Waals surface area contributed by atoms with E-state index in [0.717, 1.165) is 44.9 Å². The second-order valence-corrected chi connectivity index (χ2v) is 8.90. The Labute approximate surface area is 185 Å². The zero-order valence-corrected chi connectivity index (χ0v) is 19.0. The molecule has 1 amide bonds. The summed E-state index contributed by atoms with van der Waals surface area (Å²) < 4.78 is 6.45. The Kier molecular flexibility index (Phi) is 6.01. The lowest BCUT2D eigenvalue weighted by atomic mass is 10.1. The number of piperazine rings is 1. The van der Waals surface area contributed by atoms with E-state index < -0.39 is 0 Å². The summed E-state index contributed by atoms with van der Waals surface area (Å²) in [5.41, 5.74) is 3.19. The molecule has 6 nitrogen and oxygen atoms in total. The summed E-state index contributed by atoms with van der Waals surface area (Å²) in [6.07, 6.45) is 0. The molecule has 3 aromatic rings. The van der Waals surface area contributed by atoms with E-state index in [9.17, 15) is 4.79 Å². The first kappa shape index (κ1) is 20.8. The number of aromatic nitrogens is 1. The molecule has 1 fully saturated rings. The molecule has 0 atom stereocenters. The van der Waals surface area contributed by atoms with Crippen molar-refractivity contribution in [2.24, 2.45) is 0 Å². The van der Waals surface area contributed by atoms with Gasteiger partial charge in [0.1, 0.15) is 11.3 Å². The number of likely N-dealkylation sites (N-methyl/N-ethyl adjacent to an activating group) is 1. The van der Waals surface area contributed by atoms with Crippen LogP contribution in [0, 0.1) is 6.92 Å². The number of para-hydroxylation sites is 1. The highest BCUT2D eigenvalue weighted by Crippen LogP contribution is 2.33. The lowest BCUT2D eigenvalue weighted by molar-refractivity contribution is -0.129. The molecule has 1 aliphatic heterocycles. The SMILES string of the molecule is COc1cccc2sc(N(C)CC(=O)N3CCN(c4cc(Cl)ccc4C)CC3)nc12. The number of ether oxygens (including phenoxy) is 1. The van der Waals surface area contributed by atoms with E-state index in [-0.39, 0.29) is 5.91 Å². The van der Waals surface area contributed by atoms with Gasteiger partial charge in [-0.05, 0) is 36.8 Å². The van der Waals surface area contributed by atoms with Crippen LogP contribution in [0.5, 0.6) is 5.75 Å². The summed E-state index contributed by atoms with van der Waals surface area (Å²) in [4.78, 5) is 23.7. The van der Waals surface area contributed by atoms with E-state index in [4.69, 9.17) is 16.3 Å². The van der Waals surface area contributed by atoms with Crippen molar-refractivity contribution in [2.75, 3.05) is 56.7 Å². The summed E-state index contributed by atoms with van der Waals surface area (Å²) in [6.45, 7) is 5.39. The van der Waals surface area contributed by atoms with Crippen LogP contribution in [0.3, 0.4) is 0 Å². The largest absolute Gasteiger partial charge is 0.494 e. The van der Waals surface area contributed by atoms with Crippen molar-refractivity contribution in [3.05, 3.63) is 47.0 Å². The molecule has 4 rings (SSSR count). The summed E-state index contributed by atoms with van der Waals surface area (Å²) >= 11 is 7.74. The minimum atomic E-state index is 0.117. The molecule has 0 saturated carbocycles. The quantitative estimate of drug-likeness (QED) is 0.594. The standard InChI is InChI=1S/C22H25ClN4O2S/c1-15-7-8-16(23)13-17(15)26-9-11-27(12-10-26)20(28)14-25(2)22-24-21-18(29-3)5-4-6-19(21)30-22/h4-8,13H,9-12,14H2,1-3H3. The van der Waals surface area contributed by atoms with Crippen LogP contribution in [-0.4, -0.2) is 62.7 Å². The molecule has 158 valence electrons. The van der Waals surface area contributed by atoms with Crippen molar-refractivity contribution in [1.82, 2.24) is 9.88 Å². The third-order valence-electron chi connectivity index (χ3n) is 5.43. The number of benzene rings is 2. The predicted molar refractivity (Wildman–Crippen MR) is 124 cm³/mol. The maximum atomic E-state index is 12.9. The molecule has 8 heteroatoms. The number of rotatable bonds is 5. The Bertz CT molecular complexity index is 1060. The molecule has 0 unspecified atom stereocenters. The smallest absolute Gasteiger partial charge is 0.242 e. The highest BCUT2D eigenvalue weighted by atomic mass is 35.5. The first-order valence-corrected chi connectivity index (χ1v) is 11.1. The summed E-state index contributed by atoms with van der Waals surface area (Å²) in [5.74, 6) is 0.869. The van der Waals surface area contributed by atoms with Crippen molar-refractivity contribution in [3.8, 4) is 5.75 Å². The molecule has 0 N–H and O–H groups in total. The number of hydrogen-bond donors (Lipinski definition) is 0. The Hall–Kier alpha value is -2.51. The van der Waals surface area contributed by atoms with Gasteiger partial charge in [0.25, 0.3) is 0 Å². The molecule has 0 spiro atoms. The minimum absolute atomic E-state index is 0.117. The molecular formula is C22H25ClN4O2S. The molecule has 2 heterocycles. The van der Waals surface area contributed by atoms with Crippen LogP contribution in [-0.2, 0) is 4.79 Å². The fourth-order valence-corrected chi connectivity index (χ4v) is 4.84. The van der Waals surface area contributed by atoms with Gasteiger partial charge < -0.3 is 19.4 Å². The van der Waals surface area contributed by atoms with E-state index in [1.54, 1.807) is 18.4 Å². The Morgan fingerprint density at radius 3 is 2.73 bits per heavy atom. The van der Waals surface area contributed by atoms with Crippen LogP contribution < -0.4 is 14.5 Å². The van der Waals surface area contributed by atoms with Gasteiger partial charge in [-0.3, -0.25) is 4.79 Å². The molecule has 2 aromatic carbocycles. The zero-order chi connectivity index (χ0) is 21.3. The number of aryl methyl sites for hydroxylation is 1. The summed E-state index contributed by atoms with van der Waals surface area (Å²) in [6, 6.07) is 11.8. The van der Waals surface area contributed by atoms with Crippen molar-refractivity contribution in [1.29, 1.82) is 0 Å². The number of fused-ring (bicyclic) bond motifs is 1. The Balaban J connectivity index is 1.38. The van der Waals surface area contributed by atoms with Gasteiger partial charge in [0.2, 0.25) is 5.91 Å². The van der Waals surface area contributed by atoms with Gasteiger partial charge in [0, 0.05) is 43.9 Å². The number of amides is 1. The second kappa shape index (κ2) is 8.70. The number of nitrogens with zero attached hydrogens (tertiary/aromatic N) is 4. The van der Waals surface area contributed by atoms with Gasteiger partial charge in [0.15, 0.2) is 5.13 Å². The highest BCUT2D eigenvalue weighted by molar-refractivity contribution is 7.22. The van der Waals surface area contributed by atoms with Crippen molar-refractivity contribution in [2.45, 2.75) is 6.92 Å². The zero-order valence-electron chi connectivity index (χ0n) is 17.4. The second-order valence-electron chi connectivity index (χ2n) is 7.46. The normalized spacial score (nSPS) is 14.3. The molecule has 30 heavy (non-hydrogen) atoms. The van der Waals surface area contributed by atoms with E-state index in [1.165, 1.54) is 5.56 Å². The predicted octanol–water partition coefficient (Wildman–Crippen LogP) is 4.05. The Morgan fingerprint density at radius 1 is 1.23 bits per heavy atom. The minimum Gasteiger partial charge on any atom is -0.494 e. The Morgan fingerprint density at radius 2 is 2.00 bits per heavy atom. The summed E-state index contributed by atoms with van der Waals surface area (Å²) in [5, 5.41) is 1.55. The molecule has 0 aliphatic carbocycles. The van der Waals surface area contributed by atoms with Crippen LogP contribution in [0.25, 0.3) is 10.2 Å². The van der Waals surface area contributed by atoms with Crippen LogP contribution >= 0.6 is 22.9 Å². The number of anilines is 2. The number of thiazole rings is 1. The molecule has 1 aliphatic rings. The lowest BCUT2D eigenvalue weighted by Crippen LogP contribution is -2.51. The van der Waals surface area contributed by atoms with Gasteiger partial charge in [-0.2, -0.15) is 0 Å². The van der Waals surface area contributed by atoms with E-state index >= 15 is 0 Å². The number of methoxy groups -OCH3 is 1. The van der Waals surface area contributed by atoms with Crippen LogP contribution in [0.2, 0.25) is 5.02 Å². The van der Waals surface area contributed by atoms with E-state index in [2.05, 4.69) is 16.8 Å². The fourth-order valence-electron chi connectivity index (χ4n) is 3.73. The van der Waals surface area contributed by atoms with E-state index in [1.807, 2.05) is 53.2 Å². The molecular weight excluding hydrogens is 420 g/mol. The van der Waals surface area contributed by atoms with Gasteiger partial charge in [-0.25, -0.2) is 4.98 Å². The van der Waals surface area contributed by atoms with Crippen LogP contribution in [0.1, 0.15) is 5.56 Å². The third kappa shape index (κ3) is 4.18. The first-order valence-electron chi connectivity index (χ1n) is 9.90. The van der Waals surface area contributed by atoms with Crippen molar-refractivity contribution in [3.63, 3.8) is 0 Å². The average molecular weight is 445 g/mol. The maximum Gasteiger partial charge on any atom is 0.242 e. The van der Waals surface area contributed by atoms with Crippen molar-refractivity contribution >= 4 is 49.9 Å². The molecule has 0 bridgehead atoms. The number of hydrogen-bond acceptors (Lipinski definition) is 6. The number of carbonyl (C=O) groups excluding carboxylic acids is 1.